The maximum Gasteiger partial charge on any atom is 0.335 e. The third-order valence-electron chi connectivity index (χ3n) is 6.65. The molecule has 0 unspecified atom stereocenters. The van der Waals surface area contributed by atoms with E-state index in [4.69, 9.17) is 9.15 Å². The summed E-state index contributed by atoms with van der Waals surface area (Å²) in [6, 6.07) is 8.65. The Balaban J connectivity index is 0.000000548. The van der Waals surface area contributed by atoms with Crippen molar-refractivity contribution in [1.29, 1.82) is 0 Å². The zero-order valence-corrected chi connectivity index (χ0v) is 19.4. The Morgan fingerprint density at radius 1 is 1.31 bits per heavy atom. The molecule has 3 atom stereocenters. The third-order valence-corrected chi connectivity index (χ3v) is 6.65. The first-order valence-electron chi connectivity index (χ1n) is 10.4. The molecule has 0 spiro atoms. The molecule has 4 rings (SSSR count). The molecule has 0 saturated carbocycles. The number of rotatable bonds is 5. The fourth-order valence-corrected chi connectivity index (χ4v) is 4.72. The lowest BCUT2D eigenvalue weighted by molar-refractivity contribution is -0.129. The van der Waals surface area contributed by atoms with Gasteiger partial charge in [0.25, 0.3) is 0 Å². The minimum Gasteiger partial charge on any atom is -0.472 e. The molecule has 2 heterocycles. The number of fused-ring (bicyclic) bond motifs is 4. The van der Waals surface area contributed by atoms with Crippen molar-refractivity contribution in [3.63, 3.8) is 0 Å². The zero-order valence-electron chi connectivity index (χ0n) is 18.6. The van der Waals surface area contributed by atoms with Gasteiger partial charge in [0.05, 0.1) is 12.5 Å². The Morgan fingerprint density at radius 2 is 2.03 bits per heavy atom. The summed E-state index contributed by atoms with van der Waals surface area (Å²) in [6.45, 7) is 13.3. The maximum atomic E-state index is 11.5. The number of hydrogen-bond acceptors (Lipinski definition) is 5. The van der Waals surface area contributed by atoms with Gasteiger partial charge >= 0.3 is 5.97 Å². The summed E-state index contributed by atoms with van der Waals surface area (Å²) >= 11 is 0. The second kappa shape index (κ2) is 10.7. The molecule has 172 valence electrons. The summed E-state index contributed by atoms with van der Waals surface area (Å²) in [5.74, 6) is 0.249. The minimum atomic E-state index is -0.481. The molecule has 6 nitrogen and oxygen atoms in total. The number of likely N-dealkylation sites (tertiary alicyclic amines) is 1. The first-order valence-corrected chi connectivity index (χ1v) is 10.4. The number of furan rings is 1. The highest BCUT2D eigenvalue weighted by Gasteiger charge is 2.48. The number of nitrogens with two attached hydrogens (primary N) is 1. The first kappa shape index (κ1) is 25.4. The summed E-state index contributed by atoms with van der Waals surface area (Å²) < 4.78 is 10.6. The number of piperidine rings is 1. The number of nitrogens with zero attached hydrogens (tertiary/aromatic N) is 1. The molecular formula is C25H31ClN2O4. The van der Waals surface area contributed by atoms with Crippen LogP contribution in [0.25, 0.3) is 0 Å². The minimum absolute atomic E-state index is 0. The van der Waals surface area contributed by atoms with E-state index in [0.29, 0.717) is 17.7 Å². The van der Waals surface area contributed by atoms with Gasteiger partial charge in [0, 0.05) is 24.2 Å². The van der Waals surface area contributed by atoms with Gasteiger partial charge in [0.1, 0.15) is 5.75 Å². The molecule has 1 amide bonds. The van der Waals surface area contributed by atoms with Crippen molar-refractivity contribution < 1.29 is 18.7 Å². The standard InChI is InChI=1S/C22H25NO3.C3H5NO.ClH/c1-4-21(24)26-18-6-5-17-11-20-15(2)22(3,19(17)12-18)8-9-23(20)13-16-7-10-25-14-16;1-2-3(4)5;/h4-7,10,12,14-15,20H,1,8-9,11,13H2,2-3H3;2H,1H2,(H2,4,5);1H/t15-,20+,22+;;/m0../s1. The summed E-state index contributed by atoms with van der Waals surface area (Å²) in [5, 5.41) is 0. The number of esters is 1. The number of primary amides is 1. The Kier molecular flexibility index (Phi) is 8.47. The fourth-order valence-electron chi connectivity index (χ4n) is 4.72. The van der Waals surface area contributed by atoms with E-state index < -0.39 is 11.9 Å². The molecule has 2 aliphatic rings. The average Bonchev–Trinajstić information content (AvgIpc) is 3.26. The van der Waals surface area contributed by atoms with Crippen LogP contribution in [0.2, 0.25) is 0 Å². The number of halogens is 1. The molecule has 2 N–H and O–H groups in total. The average molecular weight is 459 g/mol. The molecule has 0 radical (unpaired) electrons. The van der Waals surface area contributed by atoms with E-state index in [9.17, 15) is 9.59 Å². The van der Waals surface area contributed by atoms with Crippen LogP contribution in [0, 0.1) is 5.92 Å². The molecule has 2 aromatic rings. The van der Waals surface area contributed by atoms with Crippen LogP contribution in [0.3, 0.4) is 0 Å². The van der Waals surface area contributed by atoms with Gasteiger partial charge in [-0.05, 0) is 66.1 Å². The highest BCUT2D eigenvalue weighted by atomic mass is 35.5. The number of benzene rings is 1. The van der Waals surface area contributed by atoms with Crippen molar-refractivity contribution in [3.05, 3.63) is 78.8 Å². The predicted molar refractivity (Wildman–Crippen MR) is 127 cm³/mol. The van der Waals surface area contributed by atoms with Crippen molar-refractivity contribution >= 4 is 24.3 Å². The zero-order chi connectivity index (χ0) is 22.6. The molecule has 1 saturated heterocycles. The number of ether oxygens (including phenoxy) is 1. The van der Waals surface area contributed by atoms with Crippen molar-refractivity contribution in [2.75, 3.05) is 6.54 Å². The molecule has 2 bridgehead atoms. The Bertz CT molecular complexity index is 972. The van der Waals surface area contributed by atoms with Crippen molar-refractivity contribution in [1.82, 2.24) is 4.90 Å². The van der Waals surface area contributed by atoms with E-state index in [1.165, 1.54) is 22.8 Å². The van der Waals surface area contributed by atoms with Crippen LogP contribution in [-0.4, -0.2) is 29.4 Å². The van der Waals surface area contributed by atoms with Crippen LogP contribution < -0.4 is 10.5 Å². The van der Waals surface area contributed by atoms with Gasteiger partial charge in [-0.1, -0.05) is 33.1 Å². The van der Waals surface area contributed by atoms with Crippen molar-refractivity contribution in [3.8, 4) is 5.75 Å². The van der Waals surface area contributed by atoms with Crippen LogP contribution in [0.5, 0.6) is 5.75 Å². The van der Waals surface area contributed by atoms with E-state index in [-0.39, 0.29) is 17.8 Å². The van der Waals surface area contributed by atoms with Gasteiger partial charge in [0.15, 0.2) is 0 Å². The quantitative estimate of drug-likeness (QED) is 0.412. The molecule has 32 heavy (non-hydrogen) atoms. The smallest absolute Gasteiger partial charge is 0.335 e. The normalized spacial score (nSPS) is 23.4. The van der Waals surface area contributed by atoms with Crippen molar-refractivity contribution in [2.24, 2.45) is 11.7 Å². The lowest BCUT2D eigenvalue weighted by atomic mass is 9.59. The largest absolute Gasteiger partial charge is 0.472 e. The van der Waals surface area contributed by atoms with Gasteiger partial charge in [0.2, 0.25) is 5.91 Å². The monoisotopic (exact) mass is 458 g/mol. The van der Waals surface area contributed by atoms with Crippen LogP contribution in [0.1, 0.15) is 37.0 Å². The van der Waals surface area contributed by atoms with Gasteiger partial charge in [-0.2, -0.15) is 0 Å². The third kappa shape index (κ3) is 5.31. The number of hydrogen-bond donors (Lipinski definition) is 1. The highest BCUT2D eigenvalue weighted by molar-refractivity contribution is 5.85. The Hall–Kier alpha value is -2.83. The van der Waals surface area contributed by atoms with E-state index in [0.717, 1.165) is 32.0 Å². The molecule has 1 aliphatic carbocycles. The molecule has 1 aromatic heterocycles. The van der Waals surface area contributed by atoms with Gasteiger partial charge in [-0.25, -0.2) is 4.79 Å². The fraction of sp³-hybridized carbons (Fsp3) is 0.360. The second-order valence-electron chi connectivity index (χ2n) is 8.38. The van der Waals surface area contributed by atoms with Crippen molar-refractivity contribution in [2.45, 2.75) is 44.7 Å². The van der Waals surface area contributed by atoms with Crippen LogP contribution in [-0.2, 0) is 28.0 Å². The lowest BCUT2D eigenvalue weighted by Gasteiger charge is -2.54. The Labute approximate surface area is 195 Å². The lowest BCUT2D eigenvalue weighted by Crippen LogP contribution is -2.57. The van der Waals surface area contributed by atoms with Gasteiger partial charge in [-0.15, -0.1) is 12.4 Å². The Morgan fingerprint density at radius 3 is 2.62 bits per heavy atom. The van der Waals surface area contributed by atoms with E-state index >= 15 is 0 Å². The summed E-state index contributed by atoms with van der Waals surface area (Å²) in [4.78, 5) is 23.6. The van der Waals surface area contributed by atoms with Gasteiger partial charge in [-0.3, -0.25) is 9.69 Å². The van der Waals surface area contributed by atoms with Crippen LogP contribution in [0.4, 0.5) is 0 Å². The molecule has 1 aliphatic heterocycles. The molecule has 1 aromatic carbocycles. The summed E-state index contributed by atoms with van der Waals surface area (Å²) in [7, 11) is 0. The van der Waals surface area contributed by atoms with Crippen LogP contribution in [0.15, 0.2) is 66.5 Å². The molecular weight excluding hydrogens is 428 g/mol. The highest BCUT2D eigenvalue weighted by Crippen LogP contribution is 2.49. The number of carbonyl (C=O) groups excluding carboxylic acids is 2. The van der Waals surface area contributed by atoms with E-state index in [1.54, 1.807) is 6.26 Å². The molecule has 7 heteroatoms. The topological polar surface area (TPSA) is 85.8 Å². The second-order valence-corrected chi connectivity index (χ2v) is 8.38. The number of amides is 1. The van der Waals surface area contributed by atoms with Gasteiger partial charge < -0.3 is 14.9 Å². The first-order chi connectivity index (χ1) is 14.8. The SMILES string of the molecule is C=CC(=O)Oc1ccc2c(c1)[C@]1(C)CCN(Cc3ccoc3)[C@H](C2)[C@@H]1C.C=CC(N)=O.Cl. The van der Waals surface area contributed by atoms with E-state index in [1.807, 2.05) is 12.3 Å². The summed E-state index contributed by atoms with van der Waals surface area (Å²) in [6.07, 6.45) is 7.96. The maximum absolute atomic E-state index is 11.5. The number of carbonyl (C=O) groups is 2. The molecule has 1 fully saturated rings. The van der Waals surface area contributed by atoms with Crippen LogP contribution >= 0.6 is 12.4 Å². The predicted octanol–water partition coefficient (Wildman–Crippen LogP) is 4.17. The van der Waals surface area contributed by atoms with E-state index in [2.05, 4.69) is 55.8 Å². The summed E-state index contributed by atoms with van der Waals surface area (Å²) in [5.41, 5.74) is 8.57.